The minimum absolute atomic E-state index is 0.00339. The number of anilines is 1. The first-order valence-electron chi connectivity index (χ1n) is 6.74. The molecule has 1 aromatic rings. The summed E-state index contributed by atoms with van der Waals surface area (Å²) in [7, 11) is 0. The molecule has 1 aromatic carbocycles. The molecule has 18 heavy (non-hydrogen) atoms. The summed E-state index contributed by atoms with van der Waals surface area (Å²) in [6.07, 6.45) is 5.25. The molecule has 0 saturated carbocycles. The highest BCUT2D eigenvalue weighted by atomic mass is 16.5. The third-order valence-corrected chi connectivity index (χ3v) is 3.04. The number of carbonyl (C=O) groups is 1. The van der Waals surface area contributed by atoms with Gasteiger partial charge in [-0.05, 0) is 31.4 Å². The first kappa shape index (κ1) is 14.6. The third-order valence-electron chi connectivity index (χ3n) is 3.04. The van der Waals surface area contributed by atoms with E-state index < -0.39 is 0 Å². The van der Waals surface area contributed by atoms with Crippen LogP contribution < -0.4 is 5.73 Å². The molecular formula is C15H23NO2. The number of para-hydroxylation sites is 1. The quantitative estimate of drug-likeness (QED) is 0.454. The lowest BCUT2D eigenvalue weighted by Gasteiger charge is -2.16. The second-order valence-electron chi connectivity index (χ2n) is 4.52. The Kier molecular flexibility index (Phi) is 6.26. The second kappa shape index (κ2) is 7.75. The van der Waals surface area contributed by atoms with Gasteiger partial charge in [-0.1, -0.05) is 38.8 Å². The zero-order chi connectivity index (χ0) is 13.4. The van der Waals surface area contributed by atoms with Crippen LogP contribution in [0.5, 0.6) is 0 Å². The molecule has 0 amide bonds. The Morgan fingerprint density at radius 3 is 2.61 bits per heavy atom. The fraction of sp³-hybridized carbons (Fsp3) is 0.533. The van der Waals surface area contributed by atoms with E-state index in [9.17, 15) is 4.79 Å². The van der Waals surface area contributed by atoms with Gasteiger partial charge in [0.15, 0.2) is 0 Å². The maximum Gasteiger partial charge on any atom is 0.340 e. The van der Waals surface area contributed by atoms with Crippen molar-refractivity contribution in [2.75, 3.05) is 5.73 Å². The molecular weight excluding hydrogens is 226 g/mol. The standard InChI is InChI=1S/C15H23NO2/c1-3-5-6-9-12(4-2)18-15(17)13-10-7-8-11-14(13)16/h7-8,10-12H,3-6,9,16H2,1-2H3. The fourth-order valence-corrected chi connectivity index (χ4v) is 1.87. The van der Waals surface area contributed by atoms with Gasteiger partial charge in [-0.15, -0.1) is 0 Å². The SMILES string of the molecule is CCCCCC(CC)OC(=O)c1ccccc1N. The summed E-state index contributed by atoms with van der Waals surface area (Å²) in [5, 5.41) is 0. The molecule has 0 aliphatic heterocycles. The van der Waals surface area contributed by atoms with Gasteiger partial charge >= 0.3 is 5.97 Å². The number of ether oxygens (including phenoxy) is 1. The minimum Gasteiger partial charge on any atom is -0.459 e. The molecule has 0 spiro atoms. The van der Waals surface area contributed by atoms with E-state index in [-0.39, 0.29) is 12.1 Å². The number of carbonyl (C=O) groups excluding carboxylic acids is 1. The van der Waals surface area contributed by atoms with Crippen LogP contribution in [-0.4, -0.2) is 12.1 Å². The van der Waals surface area contributed by atoms with Crippen molar-refractivity contribution in [2.24, 2.45) is 0 Å². The van der Waals surface area contributed by atoms with Crippen molar-refractivity contribution >= 4 is 11.7 Å². The molecule has 3 nitrogen and oxygen atoms in total. The zero-order valence-electron chi connectivity index (χ0n) is 11.3. The van der Waals surface area contributed by atoms with Crippen molar-refractivity contribution < 1.29 is 9.53 Å². The molecule has 0 bridgehead atoms. The predicted molar refractivity (Wildman–Crippen MR) is 74.5 cm³/mol. The van der Waals surface area contributed by atoms with Crippen LogP contribution >= 0.6 is 0 Å². The van der Waals surface area contributed by atoms with E-state index in [1.54, 1.807) is 18.2 Å². The number of benzene rings is 1. The monoisotopic (exact) mass is 249 g/mol. The number of esters is 1. The molecule has 100 valence electrons. The molecule has 1 rings (SSSR count). The van der Waals surface area contributed by atoms with Gasteiger partial charge < -0.3 is 10.5 Å². The Labute approximate surface area is 109 Å². The summed E-state index contributed by atoms with van der Waals surface area (Å²) in [4.78, 5) is 12.0. The Morgan fingerprint density at radius 2 is 2.00 bits per heavy atom. The van der Waals surface area contributed by atoms with E-state index in [0.29, 0.717) is 11.3 Å². The van der Waals surface area contributed by atoms with Crippen molar-refractivity contribution in [3.63, 3.8) is 0 Å². The molecule has 0 aromatic heterocycles. The molecule has 0 aliphatic carbocycles. The van der Waals surface area contributed by atoms with Gasteiger partial charge in [-0.3, -0.25) is 0 Å². The van der Waals surface area contributed by atoms with Gasteiger partial charge in [-0.25, -0.2) is 4.79 Å². The summed E-state index contributed by atoms with van der Waals surface area (Å²) in [6.45, 7) is 4.20. The van der Waals surface area contributed by atoms with Crippen molar-refractivity contribution in [1.29, 1.82) is 0 Å². The summed E-state index contributed by atoms with van der Waals surface area (Å²) in [5.74, 6) is -0.309. The first-order valence-corrected chi connectivity index (χ1v) is 6.74. The van der Waals surface area contributed by atoms with Crippen LogP contribution in [0.15, 0.2) is 24.3 Å². The van der Waals surface area contributed by atoms with E-state index >= 15 is 0 Å². The number of rotatable bonds is 7. The highest BCUT2D eigenvalue weighted by molar-refractivity contribution is 5.95. The van der Waals surface area contributed by atoms with E-state index in [1.807, 2.05) is 13.0 Å². The van der Waals surface area contributed by atoms with E-state index in [4.69, 9.17) is 10.5 Å². The van der Waals surface area contributed by atoms with Gasteiger partial charge in [0.2, 0.25) is 0 Å². The highest BCUT2D eigenvalue weighted by Gasteiger charge is 2.15. The van der Waals surface area contributed by atoms with Crippen LogP contribution in [0, 0.1) is 0 Å². The van der Waals surface area contributed by atoms with Crippen LogP contribution in [0.4, 0.5) is 5.69 Å². The van der Waals surface area contributed by atoms with Gasteiger partial charge in [0.25, 0.3) is 0 Å². The minimum atomic E-state index is -0.309. The Hall–Kier alpha value is -1.51. The largest absolute Gasteiger partial charge is 0.459 e. The number of unbranched alkanes of at least 4 members (excludes halogenated alkanes) is 2. The molecule has 0 radical (unpaired) electrons. The summed E-state index contributed by atoms with van der Waals surface area (Å²) in [5.41, 5.74) is 6.70. The predicted octanol–water partition coefficient (Wildman–Crippen LogP) is 3.78. The number of nitrogen functional groups attached to an aromatic ring is 1. The average molecular weight is 249 g/mol. The normalized spacial score (nSPS) is 12.1. The van der Waals surface area contributed by atoms with E-state index in [2.05, 4.69) is 6.92 Å². The van der Waals surface area contributed by atoms with Gasteiger partial charge in [0, 0.05) is 5.69 Å². The number of hydrogen-bond acceptors (Lipinski definition) is 3. The molecule has 0 heterocycles. The maximum absolute atomic E-state index is 12.0. The number of nitrogens with two attached hydrogens (primary N) is 1. The molecule has 0 saturated heterocycles. The van der Waals surface area contributed by atoms with Gasteiger partial charge in [-0.2, -0.15) is 0 Å². The lowest BCUT2D eigenvalue weighted by molar-refractivity contribution is 0.0268. The fourth-order valence-electron chi connectivity index (χ4n) is 1.87. The van der Waals surface area contributed by atoms with Crippen LogP contribution in [0.25, 0.3) is 0 Å². The maximum atomic E-state index is 12.0. The van der Waals surface area contributed by atoms with Crippen molar-refractivity contribution in [3.05, 3.63) is 29.8 Å². The third kappa shape index (κ3) is 4.40. The van der Waals surface area contributed by atoms with Gasteiger partial charge in [0.1, 0.15) is 6.10 Å². The molecule has 1 unspecified atom stereocenters. The Bertz CT molecular complexity index is 377. The lowest BCUT2D eigenvalue weighted by atomic mass is 10.1. The molecule has 0 fully saturated rings. The average Bonchev–Trinajstić information content (AvgIpc) is 2.38. The highest BCUT2D eigenvalue weighted by Crippen LogP contribution is 2.16. The van der Waals surface area contributed by atoms with Crippen molar-refractivity contribution in [1.82, 2.24) is 0 Å². The molecule has 3 heteroatoms. The second-order valence-corrected chi connectivity index (χ2v) is 4.52. The van der Waals surface area contributed by atoms with Crippen LogP contribution in [-0.2, 0) is 4.74 Å². The smallest absolute Gasteiger partial charge is 0.340 e. The zero-order valence-corrected chi connectivity index (χ0v) is 11.3. The summed E-state index contributed by atoms with van der Waals surface area (Å²) in [6, 6.07) is 7.03. The Balaban J connectivity index is 2.54. The summed E-state index contributed by atoms with van der Waals surface area (Å²) < 4.78 is 5.49. The van der Waals surface area contributed by atoms with Crippen LogP contribution in [0.3, 0.4) is 0 Å². The van der Waals surface area contributed by atoms with Crippen LogP contribution in [0.2, 0.25) is 0 Å². The van der Waals surface area contributed by atoms with Crippen molar-refractivity contribution in [2.45, 2.75) is 52.1 Å². The Morgan fingerprint density at radius 1 is 1.28 bits per heavy atom. The molecule has 0 aliphatic rings. The van der Waals surface area contributed by atoms with Crippen LogP contribution in [0.1, 0.15) is 56.3 Å². The van der Waals surface area contributed by atoms with E-state index in [0.717, 1.165) is 19.3 Å². The molecule has 1 atom stereocenters. The van der Waals surface area contributed by atoms with Crippen molar-refractivity contribution in [3.8, 4) is 0 Å². The van der Waals surface area contributed by atoms with E-state index in [1.165, 1.54) is 12.8 Å². The molecule has 2 N–H and O–H groups in total. The number of hydrogen-bond donors (Lipinski definition) is 1. The van der Waals surface area contributed by atoms with Gasteiger partial charge in [0.05, 0.1) is 5.56 Å². The summed E-state index contributed by atoms with van der Waals surface area (Å²) >= 11 is 0. The first-order chi connectivity index (χ1) is 8.69. The lowest BCUT2D eigenvalue weighted by Crippen LogP contribution is -2.18. The topological polar surface area (TPSA) is 52.3 Å².